The van der Waals surface area contributed by atoms with Crippen molar-refractivity contribution in [2.24, 2.45) is 0 Å². The van der Waals surface area contributed by atoms with Gasteiger partial charge in [-0.2, -0.15) is 0 Å². The van der Waals surface area contributed by atoms with Crippen LogP contribution in [0.3, 0.4) is 0 Å². The van der Waals surface area contributed by atoms with Crippen molar-refractivity contribution in [2.45, 2.75) is 13.1 Å². The number of nitrogens with zero attached hydrogens (tertiary/aromatic N) is 3. The first-order valence-corrected chi connectivity index (χ1v) is 6.02. The summed E-state index contributed by atoms with van der Waals surface area (Å²) in [5.41, 5.74) is 7.82. The van der Waals surface area contributed by atoms with Crippen LogP contribution >= 0.6 is 11.6 Å². The average Bonchev–Trinajstić information content (AvgIpc) is 2.35. The van der Waals surface area contributed by atoms with E-state index in [4.69, 9.17) is 17.3 Å². The average molecular weight is 263 g/mol. The molecular weight excluding hydrogens is 248 g/mol. The summed E-state index contributed by atoms with van der Waals surface area (Å²) in [5.74, 6) is 0.440. The van der Waals surface area contributed by atoms with Crippen LogP contribution in [-0.4, -0.2) is 21.9 Å². The molecule has 0 aliphatic carbocycles. The van der Waals surface area contributed by atoms with Gasteiger partial charge in [0.05, 0.1) is 0 Å². The highest BCUT2D eigenvalue weighted by Crippen LogP contribution is 2.19. The molecule has 0 amide bonds. The molecule has 1 heterocycles. The van der Waals surface area contributed by atoms with Crippen LogP contribution < -0.4 is 5.73 Å². The second kappa shape index (κ2) is 5.80. The normalized spacial score (nSPS) is 10.8. The maximum absolute atomic E-state index is 6.02. The second-order valence-electron chi connectivity index (χ2n) is 4.19. The summed E-state index contributed by atoms with van der Waals surface area (Å²) in [6, 6.07) is 10.2. The summed E-state index contributed by atoms with van der Waals surface area (Å²) >= 11 is 6.02. The van der Waals surface area contributed by atoms with Crippen molar-refractivity contribution in [3.8, 4) is 0 Å². The molecule has 5 heteroatoms. The van der Waals surface area contributed by atoms with Crippen LogP contribution in [0.4, 0.5) is 5.82 Å². The maximum Gasteiger partial charge on any atom is 0.139 e. The number of halogens is 1. The van der Waals surface area contributed by atoms with E-state index in [1.54, 1.807) is 0 Å². The van der Waals surface area contributed by atoms with Crippen LogP contribution in [-0.2, 0) is 13.1 Å². The zero-order chi connectivity index (χ0) is 13.0. The second-order valence-corrected chi connectivity index (χ2v) is 4.54. The molecule has 1 aromatic carbocycles. The number of benzene rings is 1. The van der Waals surface area contributed by atoms with E-state index >= 15 is 0 Å². The van der Waals surface area contributed by atoms with Gasteiger partial charge in [0, 0.05) is 18.7 Å². The number of hydrogen-bond acceptors (Lipinski definition) is 4. The molecule has 0 spiro atoms. The van der Waals surface area contributed by atoms with E-state index in [0.29, 0.717) is 17.5 Å². The standard InChI is InChI=1S/C13H15ClN4/c1-18(7-10-5-3-2-4-6-10)8-11-12(14)16-9-17-13(11)15/h2-6,9H,7-8H2,1H3,(H2,15,16,17). The fourth-order valence-electron chi connectivity index (χ4n) is 1.77. The number of hydrogen-bond donors (Lipinski definition) is 1. The van der Waals surface area contributed by atoms with Crippen molar-refractivity contribution in [1.29, 1.82) is 0 Å². The number of nitrogens with two attached hydrogens (primary N) is 1. The number of nitrogen functional groups attached to an aromatic ring is 1. The molecule has 0 saturated heterocycles. The largest absolute Gasteiger partial charge is 0.383 e. The summed E-state index contributed by atoms with van der Waals surface area (Å²) in [7, 11) is 2.01. The molecule has 2 N–H and O–H groups in total. The molecule has 2 rings (SSSR count). The molecule has 0 saturated carbocycles. The van der Waals surface area contributed by atoms with Gasteiger partial charge in [-0.3, -0.25) is 4.90 Å². The quantitative estimate of drug-likeness (QED) is 0.860. The van der Waals surface area contributed by atoms with Crippen molar-refractivity contribution >= 4 is 17.4 Å². The molecule has 94 valence electrons. The van der Waals surface area contributed by atoms with Gasteiger partial charge in [0.25, 0.3) is 0 Å². The summed E-state index contributed by atoms with van der Waals surface area (Å²) < 4.78 is 0. The van der Waals surface area contributed by atoms with Gasteiger partial charge in [-0.05, 0) is 12.6 Å². The summed E-state index contributed by atoms with van der Waals surface area (Å²) in [6.45, 7) is 1.45. The Morgan fingerprint density at radius 3 is 2.56 bits per heavy atom. The number of aromatic nitrogens is 2. The van der Waals surface area contributed by atoms with E-state index in [-0.39, 0.29) is 0 Å². The zero-order valence-electron chi connectivity index (χ0n) is 10.2. The van der Waals surface area contributed by atoms with Gasteiger partial charge >= 0.3 is 0 Å². The lowest BCUT2D eigenvalue weighted by molar-refractivity contribution is 0.319. The third-order valence-corrected chi connectivity index (χ3v) is 2.98. The summed E-state index contributed by atoms with van der Waals surface area (Å²) in [6.07, 6.45) is 1.37. The maximum atomic E-state index is 6.02. The highest BCUT2D eigenvalue weighted by molar-refractivity contribution is 6.30. The third kappa shape index (κ3) is 3.18. The fourth-order valence-corrected chi connectivity index (χ4v) is 1.97. The SMILES string of the molecule is CN(Cc1ccccc1)Cc1c(N)ncnc1Cl. The minimum Gasteiger partial charge on any atom is -0.383 e. The fraction of sp³-hybridized carbons (Fsp3) is 0.231. The number of anilines is 1. The molecule has 0 aliphatic heterocycles. The monoisotopic (exact) mass is 262 g/mol. The van der Waals surface area contributed by atoms with Crippen LogP contribution in [0.15, 0.2) is 36.7 Å². The van der Waals surface area contributed by atoms with Crippen LogP contribution in [0.25, 0.3) is 0 Å². The van der Waals surface area contributed by atoms with E-state index in [9.17, 15) is 0 Å². The molecule has 4 nitrogen and oxygen atoms in total. The van der Waals surface area contributed by atoms with E-state index in [1.807, 2.05) is 25.2 Å². The molecule has 0 atom stereocenters. The van der Waals surface area contributed by atoms with E-state index < -0.39 is 0 Å². The molecule has 1 aromatic heterocycles. The van der Waals surface area contributed by atoms with Crippen molar-refractivity contribution in [2.75, 3.05) is 12.8 Å². The lowest BCUT2D eigenvalue weighted by atomic mass is 10.2. The van der Waals surface area contributed by atoms with Crippen LogP contribution in [0.1, 0.15) is 11.1 Å². The van der Waals surface area contributed by atoms with Crippen LogP contribution in [0.2, 0.25) is 5.15 Å². The van der Waals surface area contributed by atoms with Gasteiger partial charge < -0.3 is 5.73 Å². The predicted octanol–water partition coefficient (Wildman–Crippen LogP) is 2.34. The Bertz CT molecular complexity index is 495. The Balaban J connectivity index is 2.06. The van der Waals surface area contributed by atoms with Crippen molar-refractivity contribution in [1.82, 2.24) is 14.9 Å². The zero-order valence-corrected chi connectivity index (χ0v) is 10.9. The Morgan fingerprint density at radius 2 is 1.89 bits per heavy atom. The Labute approximate surface area is 111 Å². The molecule has 0 aliphatic rings. The van der Waals surface area contributed by atoms with E-state index in [1.165, 1.54) is 11.9 Å². The first-order valence-electron chi connectivity index (χ1n) is 5.64. The Hall–Kier alpha value is -1.65. The predicted molar refractivity (Wildman–Crippen MR) is 73.1 cm³/mol. The molecular formula is C13H15ClN4. The first kappa shape index (κ1) is 12.8. The van der Waals surface area contributed by atoms with E-state index in [0.717, 1.165) is 12.1 Å². The highest BCUT2D eigenvalue weighted by atomic mass is 35.5. The minimum atomic E-state index is 0.419. The van der Waals surface area contributed by atoms with Gasteiger partial charge in [-0.25, -0.2) is 9.97 Å². The Kier molecular flexibility index (Phi) is 4.12. The third-order valence-electron chi connectivity index (χ3n) is 2.65. The summed E-state index contributed by atoms with van der Waals surface area (Å²) in [5, 5.41) is 0.419. The van der Waals surface area contributed by atoms with Crippen molar-refractivity contribution < 1.29 is 0 Å². The van der Waals surface area contributed by atoms with Crippen LogP contribution in [0, 0.1) is 0 Å². The molecule has 0 unspecified atom stereocenters. The lowest BCUT2D eigenvalue weighted by Crippen LogP contribution is -2.19. The van der Waals surface area contributed by atoms with E-state index in [2.05, 4.69) is 27.0 Å². The molecule has 18 heavy (non-hydrogen) atoms. The summed E-state index contributed by atoms with van der Waals surface area (Å²) in [4.78, 5) is 10.0. The Morgan fingerprint density at radius 1 is 1.17 bits per heavy atom. The number of rotatable bonds is 4. The van der Waals surface area contributed by atoms with Gasteiger partial charge in [0.15, 0.2) is 0 Å². The van der Waals surface area contributed by atoms with Gasteiger partial charge in [0.2, 0.25) is 0 Å². The highest BCUT2D eigenvalue weighted by Gasteiger charge is 2.10. The topological polar surface area (TPSA) is 55.0 Å². The lowest BCUT2D eigenvalue weighted by Gasteiger charge is -2.17. The molecule has 2 aromatic rings. The minimum absolute atomic E-state index is 0.419. The molecule has 0 fully saturated rings. The molecule has 0 bridgehead atoms. The molecule has 0 radical (unpaired) electrons. The van der Waals surface area contributed by atoms with Gasteiger partial charge in [-0.15, -0.1) is 0 Å². The van der Waals surface area contributed by atoms with Crippen molar-refractivity contribution in [3.05, 3.63) is 52.9 Å². The van der Waals surface area contributed by atoms with Gasteiger partial charge in [0.1, 0.15) is 17.3 Å². The first-order chi connectivity index (χ1) is 8.66. The van der Waals surface area contributed by atoms with Gasteiger partial charge in [-0.1, -0.05) is 41.9 Å². The van der Waals surface area contributed by atoms with Crippen molar-refractivity contribution in [3.63, 3.8) is 0 Å². The smallest absolute Gasteiger partial charge is 0.139 e. The van der Waals surface area contributed by atoms with Crippen LogP contribution in [0.5, 0.6) is 0 Å².